The molecule has 162 valence electrons. The van der Waals surface area contributed by atoms with Crippen molar-refractivity contribution in [3.05, 3.63) is 88.7 Å². The molecule has 0 fully saturated rings. The Bertz CT molecular complexity index is 1150. The van der Waals surface area contributed by atoms with Crippen LogP contribution in [0.15, 0.2) is 71.8 Å². The van der Waals surface area contributed by atoms with Crippen LogP contribution in [-0.4, -0.2) is 38.4 Å². The van der Waals surface area contributed by atoms with Crippen molar-refractivity contribution in [1.82, 2.24) is 14.6 Å². The predicted octanol–water partition coefficient (Wildman–Crippen LogP) is 3.49. The molecule has 1 amide bonds. The molecule has 3 aromatic rings. The van der Waals surface area contributed by atoms with Gasteiger partial charge >= 0.3 is 0 Å². The van der Waals surface area contributed by atoms with Crippen molar-refractivity contribution >= 4 is 27.5 Å². The van der Waals surface area contributed by atoms with Gasteiger partial charge in [0.1, 0.15) is 10.6 Å². The Labute approximate surface area is 186 Å². The van der Waals surface area contributed by atoms with Gasteiger partial charge in [0.25, 0.3) is 5.91 Å². The Hall–Kier alpha value is -2.94. The second-order valence-electron chi connectivity index (χ2n) is 6.80. The normalized spacial score (nSPS) is 11.2. The molecule has 2 aromatic carbocycles. The van der Waals surface area contributed by atoms with Gasteiger partial charge in [0.05, 0.1) is 19.3 Å². The number of halogens is 1. The Kier molecular flexibility index (Phi) is 7.27. The lowest BCUT2D eigenvalue weighted by molar-refractivity contribution is 0.0783. The average molecular weight is 460 g/mol. The number of sulfonamides is 1. The third-order valence-electron chi connectivity index (χ3n) is 4.55. The quantitative estimate of drug-likeness (QED) is 0.557. The second-order valence-corrected chi connectivity index (χ2v) is 8.97. The summed E-state index contributed by atoms with van der Waals surface area (Å²) in [4.78, 5) is 18.4. The van der Waals surface area contributed by atoms with Gasteiger partial charge in [0.2, 0.25) is 10.0 Å². The number of benzene rings is 2. The molecular formula is C22H22ClN3O4S. The van der Waals surface area contributed by atoms with Crippen molar-refractivity contribution in [3.8, 4) is 5.75 Å². The number of nitrogens with one attached hydrogen (secondary N) is 1. The number of rotatable bonds is 8. The van der Waals surface area contributed by atoms with Crippen LogP contribution in [0.1, 0.15) is 21.6 Å². The highest BCUT2D eigenvalue weighted by Gasteiger charge is 2.23. The molecule has 1 heterocycles. The van der Waals surface area contributed by atoms with Crippen molar-refractivity contribution in [1.29, 1.82) is 0 Å². The number of hydrogen-bond donors (Lipinski definition) is 1. The van der Waals surface area contributed by atoms with Crippen molar-refractivity contribution < 1.29 is 17.9 Å². The molecule has 0 saturated heterocycles. The summed E-state index contributed by atoms with van der Waals surface area (Å²) in [7, 11) is -0.933. The number of carbonyl (C=O) groups is 1. The van der Waals surface area contributed by atoms with Gasteiger partial charge in [0.15, 0.2) is 0 Å². The maximum Gasteiger partial charge on any atom is 0.253 e. The number of amides is 1. The van der Waals surface area contributed by atoms with E-state index >= 15 is 0 Å². The zero-order valence-corrected chi connectivity index (χ0v) is 18.7. The van der Waals surface area contributed by atoms with Crippen molar-refractivity contribution in [2.75, 3.05) is 14.2 Å². The van der Waals surface area contributed by atoms with Gasteiger partial charge in [-0.2, -0.15) is 0 Å². The molecule has 0 spiro atoms. The molecule has 0 atom stereocenters. The summed E-state index contributed by atoms with van der Waals surface area (Å²) in [6.07, 6.45) is 1.65. The van der Waals surface area contributed by atoms with E-state index in [2.05, 4.69) is 9.71 Å². The smallest absolute Gasteiger partial charge is 0.253 e. The Morgan fingerprint density at radius 1 is 1.13 bits per heavy atom. The largest absolute Gasteiger partial charge is 0.495 e. The lowest BCUT2D eigenvalue weighted by Crippen LogP contribution is -2.28. The van der Waals surface area contributed by atoms with E-state index in [1.54, 1.807) is 43.6 Å². The first kappa shape index (κ1) is 22.7. The molecule has 0 aliphatic rings. The summed E-state index contributed by atoms with van der Waals surface area (Å²) in [5.41, 5.74) is 1.70. The van der Waals surface area contributed by atoms with Crippen LogP contribution in [0.3, 0.4) is 0 Å². The average Bonchev–Trinajstić information content (AvgIpc) is 2.78. The van der Waals surface area contributed by atoms with E-state index in [1.165, 1.54) is 30.2 Å². The van der Waals surface area contributed by atoms with Gasteiger partial charge in [-0.15, -0.1) is 0 Å². The maximum atomic E-state index is 12.9. The maximum absolute atomic E-state index is 12.9. The van der Waals surface area contributed by atoms with Crippen molar-refractivity contribution in [3.63, 3.8) is 0 Å². The highest BCUT2D eigenvalue weighted by Crippen LogP contribution is 2.26. The van der Waals surface area contributed by atoms with Crippen LogP contribution in [0.25, 0.3) is 0 Å². The monoisotopic (exact) mass is 459 g/mol. The van der Waals surface area contributed by atoms with Crippen molar-refractivity contribution in [2.45, 2.75) is 18.0 Å². The first-order chi connectivity index (χ1) is 14.8. The van der Waals surface area contributed by atoms with Gasteiger partial charge in [-0.05, 0) is 48.0 Å². The topological polar surface area (TPSA) is 88.6 Å². The molecule has 0 aliphatic carbocycles. The molecular weight excluding hydrogens is 438 g/mol. The SMILES string of the molecule is COc1ccc(C(=O)N(C)Cc2ccccn2)cc1S(=O)(=O)NCc1ccc(Cl)cc1. The Morgan fingerprint density at radius 2 is 1.87 bits per heavy atom. The highest BCUT2D eigenvalue weighted by atomic mass is 35.5. The molecule has 7 nitrogen and oxygen atoms in total. The first-order valence-electron chi connectivity index (χ1n) is 9.37. The minimum Gasteiger partial charge on any atom is -0.495 e. The molecule has 0 saturated carbocycles. The lowest BCUT2D eigenvalue weighted by Gasteiger charge is -2.18. The molecule has 0 bridgehead atoms. The zero-order valence-electron chi connectivity index (χ0n) is 17.1. The molecule has 1 aromatic heterocycles. The number of nitrogens with zero attached hydrogens (tertiary/aromatic N) is 2. The van der Waals surface area contributed by atoms with Gasteiger partial charge in [-0.3, -0.25) is 9.78 Å². The van der Waals surface area contributed by atoms with Crippen LogP contribution in [0.2, 0.25) is 5.02 Å². The highest BCUT2D eigenvalue weighted by molar-refractivity contribution is 7.89. The number of pyridine rings is 1. The molecule has 31 heavy (non-hydrogen) atoms. The second kappa shape index (κ2) is 9.91. The summed E-state index contributed by atoms with van der Waals surface area (Å²) < 4.78 is 33.6. The molecule has 0 unspecified atom stereocenters. The summed E-state index contributed by atoms with van der Waals surface area (Å²) >= 11 is 5.87. The minimum atomic E-state index is -3.94. The summed E-state index contributed by atoms with van der Waals surface area (Å²) in [5.74, 6) is -0.185. The summed E-state index contributed by atoms with van der Waals surface area (Å²) in [6.45, 7) is 0.364. The molecule has 0 radical (unpaired) electrons. The molecule has 0 aliphatic heterocycles. The number of methoxy groups -OCH3 is 1. The van der Waals surface area contributed by atoms with Gasteiger partial charge in [-0.1, -0.05) is 29.8 Å². The van der Waals surface area contributed by atoms with Crippen LogP contribution < -0.4 is 9.46 Å². The van der Waals surface area contributed by atoms with E-state index in [-0.39, 0.29) is 28.7 Å². The van der Waals surface area contributed by atoms with Gasteiger partial charge in [0, 0.05) is 30.4 Å². The fraction of sp³-hybridized carbons (Fsp3) is 0.182. The van der Waals surface area contributed by atoms with Crippen molar-refractivity contribution in [2.24, 2.45) is 0 Å². The molecule has 1 N–H and O–H groups in total. The summed E-state index contributed by atoms with van der Waals surface area (Å²) in [6, 6.07) is 16.6. The van der Waals surface area contributed by atoms with E-state index in [1.807, 2.05) is 12.1 Å². The van der Waals surface area contributed by atoms with Crippen LogP contribution in [0, 0.1) is 0 Å². The minimum absolute atomic E-state index is 0.0699. The Morgan fingerprint density at radius 3 is 2.52 bits per heavy atom. The van der Waals surface area contributed by atoms with E-state index < -0.39 is 10.0 Å². The molecule has 9 heteroatoms. The molecule has 3 rings (SSSR count). The zero-order chi connectivity index (χ0) is 22.4. The predicted molar refractivity (Wildman–Crippen MR) is 119 cm³/mol. The Balaban J connectivity index is 1.81. The number of aromatic nitrogens is 1. The number of carbonyl (C=O) groups excluding carboxylic acids is 1. The summed E-state index contributed by atoms with van der Waals surface area (Å²) in [5, 5.41) is 0.564. The standard InChI is InChI=1S/C22H22ClN3O4S/c1-26(15-19-5-3-4-12-24-19)22(27)17-8-11-20(30-2)21(13-17)31(28,29)25-14-16-6-9-18(23)10-7-16/h3-13,25H,14-15H2,1-2H3. The van der Waals surface area contributed by atoms with Crippen LogP contribution in [-0.2, 0) is 23.1 Å². The van der Waals surface area contributed by atoms with Gasteiger partial charge < -0.3 is 9.64 Å². The van der Waals surface area contributed by atoms with E-state index in [0.717, 1.165) is 11.3 Å². The van der Waals surface area contributed by atoms with Crippen LogP contribution >= 0.6 is 11.6 Å². The lowest BCUT2D eigenvalue weighted by atomic mass is 10.2. The fourth-order valence-corrected chi connectivity index (χ4v) is 4.24. The fourth-order valence-electron chi connectivity index (χ4n) is 2.90. The van der Waals surface area contributed by atoms with E-state index in [0.29, 0.717) is 11.6 Å². The number of hydrogen-bond acceptors (Lipinski definition) is 5. The van der Waals surface area contributed by atoms with Crippen LogP contribution in [0.5, 0.6) is 5.75 Å². The van der Waals surface area contributed by atoms with E-state index in [4.69, 9.17) is 16.3 Å². The third-order valence-corrected chi connectivity index (χ3v) is 6.23. The van der Waals surface area contributed by atoms with E-state index in [9.17, 15) is 13.2 Å². The first-order valence-corrected chi connectivity index (χ1v) is 11.2. The van der Waals surface area contributed by atoms with Crippen LogP contribution in [0.4, 0.5) is 0 Å². The number of ether oxygens (including phenoxy) is 1. The third kappa shape index (κ3) is 5.81. The van der Waals surface area contributed by atoms with Gasteiger partial charge in [-0.25, -0.2) is 13.1 Å².